The lowest BCUT2D eigenvalue weighted by atomic mass is 10.4. The van der Waals surface area contributed by atoms with E-state index in [2.05, 4.69) is 20.1 Å². The summed E-state index contributed by atoms with van der Waals surface area (Å²) in [6.45, 7) is 1.79. The topological polar surface area (TPSA) is 79.9 Å². The number of hydrogen-bond acceptors (Lipinski definition) is 4. The minimum Gasteiger partial charge on any atom is -0.336 e. The van der Waals surface area contributed by atoms with Gasteiger partial charge in [0.15, 0.2) is 11.5 Å². The molecule has 0 amide bonds. The Bertz CT molecular complexity index is 423. The number of H-pyrrole nitrogens is 1. The summed E-state index contributed by atoms with van der Waals surface area (Å²) in [6, 6.07) is 3.75. The molecule has 2 aromatic rings. The van der Waals surface area contributed by atoms with Gasteiger partial charge in [0, 0.05) is 6.20 Å². The van der Waals surface area contributed by atoms with E-state index in [9.17, 15) is 0 Å². The molecule has 2 heterocycles. The van der Waals surface area contributed by atoms with Crippen molar-refractivity contribution in [2.45, 2.75) is 6.92 Å². The van der Waals surface area contributed by atoms with Gasteiger partial charge in [-0.3, -0.25) is 0 Å². The first kappa shape index (κ1) is 7.72. The quantitative estimate of drug-likeness (QED) is 0.379. The van der Waals surface area contributed by atoms with Crippen molar-refractivity contribution in [1.82, 2.24) is 15.0 Å². The molecular weight excluding hydrogens is 166 g/mol. The van der Waals surface area contributed by atoms with Crippen molar-refractivity contribution in [3.63, 3.8) is 0 Å². The summed E-state index contributed by atoms with van der Waals surface area (Å²) in [6.07, 6.45) is 1.70. The molecule has 0 fully saturated rings. The van der Waals surface area contributed by atoms with Crippen LogP contribution in [0.15, 0.2) is 23.4 Å². The van der Waals surface area contributed by atoms with E-state index < -0.39 is 0 Å². The average molecular weight is 175 g/mol. The Hall–Kier alpha value is -1.91. The van der Waals surface area contributed by atoms with E-state index in [0.717, 1.165) is 5.52 Å². The molecule has 0 aliphatic rings. The molecule has 0 aliphatic heterocycles. The highest BCUT2D eigenvalue weighted by atomic mass is 15.1. The van der Waals surface area contributed by atoms with Crippen molar-refractivity contribution >= 4 is 16.9 Å². The van der Waals surface area contributed by atoms with E-state index in [1.54, 1.807) is 13.1 Å². The Labute approximate surface area is 74.7 Å². The number of imidazole rings is 1. The third-order valence-corrected chi connectivity index (χ3v) is 1.79. The fraction of sp³-hybridized carbons (Fsp3) is 0.125. The number of hydrazone groups is 1. The molecular formula is C8H9N5. The molecule has 0 unspecified atom stereocenters. The number of pyridine rings is 1. The van der Waals surface area contributed by atoms with E-state index in [-0.39, 0.29) is 0 Å². The van der Waals surface area contributed by atoms with Crippen LogP contribution < -0.4 is 5.84 Å². The molecule has 66 valence electrons. The molecule has 5 nitrogen and oxygen atoms in total. The first-order valence-corrected chi connectivity index (χ1v) is 3.87. The van der Waals surface area contributed by atoms with Crippen LogP contribution in [0, 0.1) is 0 Å². The number of fused-ring (bicyclic) bond motifs is 1. The van der Waals surface area contributed by atoms with E-state index in [4.69, 9.17) is 5.84 Å². The first-order valence-electron chi connectivity index (χ1n) is 3.87. The maximum absolute atomic E-state index is 5.13. The molecule has 13 heavy (non-hydrogen) atoms. The zero-order chi connectivity index (χ0) is 9.26. The number of aromatic nitrogens is 3. The zero-order valence-electron chi connectivity index (χ0n) is 7.15. The van der Waals surface area contributed by atoms with Crippen LogP contribution in [-0.4, -0.2) is 20.7 Å². The number of nitrogens with two attached hydrogens (primary N) is 1. The van der Waals surface area contributed by atoms with E-state index in [1.807, 2.05) is 12.1 Å². The summed E-state index contributed by atoms with van der Waals surface area (Å²) >= 11 is 0. The van der Waals surface area contributed by atoms with Crippen LogP contribution in [0.1, 0.15) is 12.7 Å². The maximum atomic E-state index is 5.13. The second-order valence-electron chi connectivity index (χ2n) is 2.67. The molecule has 0 aliphatic carbocycles. The molecule has 0 spiro atoms. The van der Waals surface area contributed by atoms with Gasteiger partial charge in [-0.1, -0.05) is 0 Å². The molecule has 0 bridgehead atoms. The molecule has 0 saturated carbocycles. The lowest BCUT2D eigenvalue weighted by molar-refractivity contribution is 1.19. The number of rotatable bonds is 1. The van der Waals surface area contributed by atoms with Crippen molar-refractivity contribution in [1.29, 1.82) is 0 Å². The molecule has 3 N–H and O–H groups in total. The fourth-order valence-corrected chi connectivity index (χ4v) is 1.08. The Morgan fingerprint density at radius 3 is 3.15 bits per heavy atom. The van der Waals surface area contributed by atoms with E-state index in [0.29, 0.717) is 17.2 Å². The standard InChI is InChI=1S/C8H9N5/c1-5(13-9)7-11-6-3-2-4-10-8(6)12-7/h2-4H,9H2,1H3,(H,10,11,12)/b13-5+. The van der Waals surface area contributed by atoms with Gasteiger partial charge in [0.05, 0.1) is 11.2 Å². The SMILES string of the molecule is C/C(=N\N)c1nc2ncccc2[nH]1. The highest BCUT2D eigenvalue weighted by Gasteiger charge is 2.04. The van der Waals surface area contributed by atoms with Gasteiger partial charge in [-0.25, -0.2) is 9.97 Å². The highest BCUT2D eigenvalue weighted by Crippen LogP contribution is 2.07. The van der Waals surface area contributed by atoms with Crippen LogP contribution in [0.25, 0.3) is 11.2 Å². The lowest BCUT2D eigenvalue weighted by Gasteiger charge is -1.88. The summed E-state index contributed by atoms with van der Waals surface area (Å²) in [7, 11) is 0. The van der Waals surface area contributed by atoms with Gasteiger partial charge in [0.25, 0.3) is 0 Å². The smallest absolute Gasteiger partial charge is 0.178 e. The van der Waals surface area contributed by atoms with Gasteiger partial charge < -0.3 is 10.8 Å². The second-order valence-corrected chi connectivity index (χ2v) is 2.67. The van der Waals surface area contributed by atoms with Crippen molar-refractivity contribution in [2.24, 2.45) is 10.9 Å². The minimum absolute atomic E-state index is 0.663. The highest BCUT2D eigenvalue weighted by molar-refractivity contribution is 5.97. The van der Waals surface area contributed by atoms with Gasteiger partial charge in [-0.05, 0) is 19.1 Å². The average Bonchev–Trinajstić information content (AvgIpc) is 2.59. The third-order valence-electron chi connectivity index (χ3n) is 1.79. The molecule has 5 heteroatoms. The number of aromatic amines is 1. The Morgan fingerprint density at radius 2 is 2.46 bits per heavy atom. The number of nitrogens with one attached hydrogen (secondary N) is 1. The van der Waals surface area contributed by atoms with Gasteiger partial charge in [0.2, 0.25) is 0 Å². The maximum Gasteiger partial charge on any atom is 0.178 e. The molecule has 2 aromatic heterocycles. The largest absolute Gasteiger partial charge is 0.336 e. The molecule has 0 aromatic carbocycles. The zero-order valence-corrected chi connectivity index (χ0v) is 7.15. The van der Waals surface area contributed by atoms with Crippen LogP contribution in [0.4, 0.5) is 0 Å². The molecule has 2 rings (SSSR count). The normalized spacial score (nSPS) is 12.2. The Balaban J connectivity index is 2.62. The summed E-state index contributed by atoms with van der Waals surface area (Å²) in [5.74, 6) is 5.80. The van der Waals surface area contributed by atoms with Crippen molar-refractivity contribution in [2.75, 3.05) is 0 Å². The molecule has 0 radical (unpaired) electrons. The Morgan fingerprint density at radius 1 is 1.62 bits per heavy atom. The van der Waals surface area contributed by atoms with Gasteiger partial charge >= 0.3 is 0 Å². The second kappa shape index (κ2) is 2.85. The van der Waals surface area contributed by atoms with Crippen LogP contribution in [0.5, 0.6) is 0 Å². The third kappa shape index (κ3) is 1.24. The first-order chi connectivity index (χ1) is 6.31. The minimum atomic E-state index is 0.663. The molecule has 0 atom stereocenters. The molecule has 0 saturated heterocycles. The van der Waals surface area contributed by atoms with Gasteiger partial charge in [0.1, 0.15) is 0 Å². The van der Waals surface area contributed by atoms with E-state index >= 15 is 0 Å². The van der Waals surface area contributed by atoms with E-state index in [1.165, 1.54) is 0 Å². The van der Waals surface area contributed by atoms with Crippen LogP contribution in [-0.2, 0) is 0 Å². The summed E-state index contributed by atoms with van der Waals surface area (Å²) in [4.78, 5) is 11.3. The van der Waals surface area contributed by atoms with Crippen LogP contribution in [0.3, 0.4) is 0 Å². The van der Waals surface area contributed by atoms with Crippen LogP contribution >= 0.6 is 0 Å². The predicted octanol–water partition coefficient (Wildman–Crippen LogP) is 0.641. The summed E-state index contributed by atoms with van der Waals surface area (Å²) < 4.78 is 0. The Kier molecular flexibility index (Phi) is 1.70. The number of nitrogens with zero attached hydrogens (tertiary/aromatic N) is 3. The van der Waals surface area contributed by atoms with Crippen molar-refractivity contribution in [3.05, 3.63) is 24.2 Å². The summed E-state index contributed by atoms with van der Waals surface area (Å²) in [5.41, 5.74) is 2.24. The number of hydrogen-bond donors (Lipinski definition) is 2. The summed E-state index contributed by atoms with van der Waals surface area (Å²) in [5, 5.41) is 3.55. The van der Waals surface area contributed by atoms with Crippen LogP contribution in [0.2, 0.25) is 0 Å². The monoisotopic (exact) mass is 175 g/mol. The van der Waals surface area contributed by atoms with Crippen molar-refractivity contribution < 1.29 is 0 Å². The lowest BCUT2D eigenvalue weighted by Crippen LogP contribution is -2.00. The van der Waals surface area contributed by atoms with Gasteiger partial charge in [-0.15, -0.1) is 0 Å². The fourth-order valence-electron chi connectivity index (χ4n) is 1.08. The predicted molar refractivity (Wildman–Crippen MR) is 50.3 cm³/mol. The van der Waals surface area contributed by atoms with Gasteiger partial charge in [-0.2, -0.15) is 5.10 Å². The van der Waals surface area contributed by atoms with Crippen molar-refractivity contribution in [3.8, 4) is 0 Å².